The molecule has 5 nitrogen and oxygen atoms in total. The summed E-state index contributed by atoms with van der Waals surface area (Å²) in [4.78, 5) is 22.7. The molecule has 0 aromatic heterocycles. The van der Waals surface area contributed by atoms with Crippen molar-refractivity contribution in [2.75, 3.05) is 13.2 Å². The lowest BCUT2D eigenvalue weighted by Gasteiger charge is -2.08. The summed E-state index contributed by atoms with van der Waals surface area (Å²) in [5.41, 5.74) is 7.17. The van der Waals surface area contributed by atoms with Gasteiger partial charge < -0.3 is 16.2 Å². The SMILES string of the molecule is Cc1c(C#CCCO)cccc1C(=O)NCCCC(N)=O. The third-order valence-electron chi connectivity index (χ3n) is 2.92. The third-order valence-corrected chi connectivity index (χ3v) is 2.92. The molecule has 0 radical (unpaired) electrons. The van der Waals surface area contributed by atoms with Crippen LogP contribution in [0.5, 0.6) is 0 Å². The highest BCUT2D eigenvalue weighted by molar-refractivity contribution is 5.96. The largest absolute Gasteiger partial charge is 0.395 e. The molecular weight excluding hydrogens is 268 g/mol. The van der Waals surface area contributed by atoms with Crippen LogP contribution in [-0.2, 0) is 4.79 Å². The second kappa shape index (κ2) is 8.77. The summed E-state index contributed by atoms with van der Waals surface area (Å²) < 4.78 is 0. The van der Waals surface area contributed by atoms with E-state index in [-0.39, 0.29) is 24.8 Å². The number of hydrogen-bond acceptors (Lipinski definition) is 3. The molecule has 0 unspecified atom stereocenters. The van der Waals surface area contributed by atoms with Crippen LogP contribution in [0.2, 0.25) is 0 Å². The van der Waals surface area contributed by atoms with Crippen LogP contribution in [0.15, 0.2) is 18.2 Å². The second-order valence-corrected chi connectivity index (χ2v) is 4.58. The fourth-order valence-corrected chi connectivity index (χ4v) is 1.79. The molecule has 0 aliphatic rings. The Morgan fingerprint density at radius 1 is 1.38 bits per heavy atom. The minimum absolute atomic E-state index is 0.0199. The number of carbonyl (C=O) groups is 2. The number of amides is 2. The summed E-state index contributed by atoms with van der Waals surface area (Å²) in [7, 11) is 0. The smallest absolute Gasteiger partial charge is 0.251 e. The van der Waals surface area contributed by atoms with Crippen molar-refractivity contribution in [3.8, 4) is 11.8 Å². The monoisotopic (exact) mass is 288 g/mol. The zero-order chi connectivity index (χ0) is 15.7. The van der Waals surface area contributed by atoms with Gasteiger partial charge in [0, 0.05) is 30.5 Å². The number of primary amides is 1. The summed E-state index contributed by atoms with van der Waals surface area (Å²) in [5, 5.41) is 11.5. The van der Waals surface area contributed by atoms with E-state index >= 15 is 0 Å². The van der Waals surface area contributed by atoms with Crippen LogP contribution in [-0.4, -0.2) is 30.1 Å². The average molecular weight is 288 g/mol. The Hall–Kier alpha value is -2.32. The Morgan fingerprint density at radius 3 is 2.81 bits per heavy atom. The standard InChI is InChI=1S/C16H20N2O3/c1-12-13(6-2-3-11-19)7-4-8-14(12)16(21)18-10-5-9-15(17)20/h4,7-8,19H,3,5,9-11H2,1H3,(H2,17,20)(H,18,21). The van der Waals surface area contributed by atoms with E-state index in [9.17, 15) is 9.59 Å². The Labute approximate surface area is 124 Å². The summed E-state index contributed by atoms with van der Waals surface area (Å²) >= 11 is 0. The zero-order valence-electron chi connectivity index (χ0n) is 12.1. The molecule has 4 N–H and O–H groups in total. The molecule has 0 aliphatic carbocycles. The van der Waals surface area contributed by atoms with Gasteiger partial charge in [-0.25, -0.2) is 0 Å². The molecule has 0 aliphatic heterocycles. The molecule has 1 aromatic carbocycles. The molecule has 112 valence electrons. The van der Waals surface area contributed by atoms with Gasteiger partial charge in [0.25, 0.3) is 5.91 Å². The van der Waals surface area contributed by atoms with Crippen LogP contribution >= 0.6 is 0 Å². The number of hydrogen-bond donors (Lipinski definition) is 3. The van der Waals surface area contributed by atoms with Crippen molar-refractivity contribution in [3.05, 3.63) is 34.9 Å². The summed E-state index contributed by atoms with van der Waals surface area (Å²) in [6.45, 7) is 2.26. The van der Waals surface area contributed by atoms with Crippen LogP contribution in [0.4, 0.5) is 0 Å². The van der Waals surface area contributed by atoms with Gasteiger partial charge in [0.05, 0.1) is 6.61 Å². The number of nitrogens with two attached hydrogens (primary N) is 1. The molecule has 21 heavy (non-hydrogen) atoms. The molecule has 1 rings (SSSR count). The van der Waals surface area contributed by atoms with Gasteiger partial charge in [-0.3, -0.25) is 9.59 Å². The van der Waals surface area contributed by atoms with E-state index in [4.69, 9.17) is 10.8 Å². The van der Waals surface area contributed by atoms with Crippen molar-refractivity contribution in [2.24, 2.45) is 5.73 Å². The van der Waals surface area contributed by atoms with Crippen molar-refractivity contribution < 1.29 is 14.7 Å². The van der Waals surface area contributed by atoms with E-state index in [0.717, 1.165) is 11.1 Å². The first-order chi connectivity index (χ1) is 10.1. The van der Waals surface area contributed by atoms with Crippen LogP contribution in [0.3, 0.4) is 0 Å². The molecule has 0 fully saturated rings. The molecule has 0 spiro atoms. The maximum atomic E-state index is 12.1. The number of nitrogens with one attached hydrogen (secondary N) is 1. The van der Waals surface area contributed by atoms with Crippen LogP contribution in [0, 0.1) is 18.8 Å². The number of benzene rings is 1. The first-order valence-electron chi connectivity index (χ1n) is 6.82. The second-order valence-electron chi connectivity index (χ2n) is 4.58. The lowest BCUT2D eigenvalue weighted by molar-refractivity contribution is -0.118. The normalized spacial score (nSPS) is 9.62. The predicted octanol–water partition coefficient (Wildman–Crippen LogP) is 0.724. The van der Waals surface area contributed by atoms with Crippen LogP contribution in [0.1, 0.15) is 40.7 Å². The van der Waals surface area contributed by atoms with Gasteiger partial charge in [0.2, 0.25) is 5.91 Å². The molecule has 1 aromatic rings. The van der Waals surface area contributed by atoms with Gasteiger partial charge in [-0.15, -0.1) is 0 Å². The van der Waals surface area contributed by atoms with Gasteiger partial charge in [-0.1, -0.05) is 17.9 Å². The summed E-state index contributed by atoms with van der Waals surface area (Å²) in [6, 6.07) is 5.34. The van der Waals surface area contributed by atoms with Crippen molar-refractivity contribution in [2.45, 2.75) is 26.2 Å². The Kier molecular flexibility index (Phi) is 6.99. The van der Waals surface area contributed by atoms with E-state index in [1.807, 2.05) is 13.0 Å². The van der Waals surface area contributed by atoms with Crippen LogP contribution in [0.25, 0.3) is 0 Å². The van der Waals surface area contributed by atoms with E-state index in [0.29, 0.717) is 24.9 Å². The van der Waals surface area contributed by atoms with Crippen molar-refractivity contribution in [3.63, 3.8) is 0 Å². The molecule has 0 saturated heterocycles. The predicted molar refractivity (Wildman–Crippen MR) is 80.5 cm³/mol. The number of carbonyl (C=O) groups excluding carboxylic acids is 2. The highest BCUT2D eigenvalue weighted by Crippen LogP contribution is 2.13. The van der Waals surface area contributed by atoms with Gasteiger partial charge in [0.15, 0.2) is 0 Å². The first-order valence-corrected chi connectivity index (χ1v) is 6.82. The third kappa shape index (κ3) is 5.67. The number of aliphatic hydroxyl groups excluding tert-OH is 1. The van der Waals surface area contributed by atoms with E-state index in [1.54, 1.807) is 12.1 Å². The molecule has 0 saturated carbocycles. The Balaban J connectivity index is 2.70. The fourth-order valence-electron chi connectivity index (χ4n) is 1.79. The molecular formula is C16H20N2O3. The molecule has 2 amide bonds. The first kappa shape index (κ1) is 16.7. The molecule has 5 heteroatoms. The van der Waals surface area contributed by atoms with Gasteiger partial charge in [-0.05, 0) is 31.0 Å². The number of aliphatic hydroxyl groups is 1. The minimum Gasteiger partial charge on any atom is -0.395 e. The van der Waals surface area contributed by atoms with Crippen molar-refractivity contribution in [1.82, 2.24) is 5.32 Å². The lowest BCUT2D eigenvalue weighted by Crippen LogP contribution is -2.26. The summed E-state index contributed by atoms with van der Waals surface area (Å²) in [5.74, 6) is 5.21. The fraction of sp³-hybridized carbons (Fsp3) is 0.375. The minimum atomic E-state index is -0.374. The van der Waals surface area contributed by atoms with Crippen LogP contribution < -0.4 is 11.1 Å². The van der Waals surface area contributed by atoms with Crippen molar-refractivity contribution in [1.29, 1.82) is 0 Å². The quantitative estimate of drug-likeness (QED) is 0.532. The highest BCUT2D eigenvalue weighted by Gasteiger charge is 2.10. The lowest BCUT2D eigenvalue weighted by atomic mass is 10.0. The topological polar surface area (TPSA) is 92.4 Å². The van der Waals surface area contributed by atoms with Gasteiger partial charge in [0.1, 0.15) is 0 Å². The Bertz CT molecular complexity index is 571. The molecule has 0 heterocycles. The van der Waals surface area contributed by atoms with E-state index < -0.39 is 0 Å². The maximum absolute atomic E-state index is 12.1. The number of rotatable bonds is 6. The van der Waals surface area contributed by atoms with E-state index in [2.05, 4.69) is 17.2 Å². The maximum Gasteiger partial charge on any atom is 0.251 e. The van der Waals surface area contributed by atoms with E-state index in [1.165, 1.54) is 0 Å². The molecule has 0 bridgehead atoms. The van der Waals surface area contributed by atoms with Gasteiger partial charge in [-0.2, -0.15) is 0 Å². The zero-order valence-corrected chi connectivity index (χ0v) is 12.1. The highest BCUT2D eigenvalue weighted by atomic mass is 16.2. The van der Waals surface area contributed by atoms with Gasteiger partial charge >= 0.3 is 0 Å². The summed E-state index contributed by atoms with van der Waals surface area (Å²) in [6.07, 6.45) is 1.19. The average Bonchev–Trinajstić information content (AvgIpc) is 2.45. The van der Waals surface area contributed by atoms with Crippen molar-refractivity contribution >= 4 is 11.8 Å². The Morgan fingerprint density at radius 2 is 2.14 bits per heavy atom. The molecule has 0 atom stereocenters.